The molecule has 1 heterocycles. The van der Waals surface area contributed by atoms with E-state index in [2.05, 4.69) is 6.92 Å². The van der Waals surface area contributed by atoms with Crippen LogP contribution in [0.15, 0.2) is 10.9 Å². The van der Waals surface area contributed by atoms with E-state index in [-0.39, 0.29) is 17.2 Å². The second-order valence-corrected chi connectivity index (χ2v) is 6.92. The van der Waals surface area contributed by atoms with E-state index in [1.165, 1.54) is 6.07 Å². The Kier molecular flexibility index (Phi) is 4.58. The number of nitrogens with zero attached hydrogens (tertiary/aromatic N) is 1. The average Bonchev–Trinajstić information content (AvgIpc) is 2.76. The standard InChI is InChI=1S/C15H21NO3S/c1-4-20-12-6-5-11(8-12)16-10(3)14(15(18)19)9(2)7-13(16)17/h7,11-12H,4-6,8H2,1-3H3,(H,18,19). The summed E-state index contributed by atoms with van der Waals surface area (Å²) in [5.41, 5.74) is 1.34. The van der Waals surface area contributed by atoms with E-state index in [0.717, 1.165) is 25.0 Å². The molecule has 1 N–H and O–H groups in total. The topological polar surface area (TPSA) is 59.3 Å². The summed E-state index contributed by atoms with van der Waals surface area (Å²) in [5.74, 6) is 0.130. The third-order valence-corrected chi connectivity index (χ3v) is 5.27. The highest BCUT2D eigenvalue weighted by molar-refractivity contribution is 7.99. The summed E-state index contributed by atoms with van der Waals surface area (Å²) in [5, 5.41) is 9.91. The Bertz CT molecular complexity index is 579. The molecule has 5 heteroatoms. The van der Waals surface area contributed by atoms with Gasteiger partial charge in [0.15, 0.2) is 0 Å². The van der Waals surface area contributed by atoms with Gasteiger partial charge in [-0.1, -0.05) is 6.92 Å². The summed E-state index contributed by atoms with van der Waals surface area (Å²) in [4.78, 5) is 23.6. The van der Waals surface area contributed by atoms with Crippen molar-refractivity contribution in [2.45, 2.75) is 51.3 Å². The Morgan fingerprint density at radius 1 is 1.45 bits per heavy atom. The quantitative estimate of drug-likeness (QED) is 0.927. The minimum atomic E-state index is -0.953. The predicted octanol–water partition coefficient (Wildman–Crippen LogP) is 3.01. The van der Waals surface area contributed by atoms with Gasteiger partial charge in [0.05, 0.1) is 5.56 Å². The fourth-order valence-electron chi connectivity index (χ4n) is 3.21. The molecule has 0 aromatic carbocycles. The maximum absolute atomic E-state index is 12.3. The van der Waals surface area contributed by atoms with E-state index in [1.807, 2.05) is 11.8 Å². The van der Waals surface area contributed by atoms with Gasteiger partial charge in [0.25, 0.3) is 5.56 Å². The number of carboxylic acids is 1. The van der Waals surface area contributed by atoms with Crippen LogP contribution < -0.4 is 5.56 Å². The highest BCUT2D eigenvalue weighted by atomic mass is 32.2. The lowest BCUT2D eigenvalue weighted by Gasteiger charge is -2.20. The lowest BCUT2D eigenvalue weighted by atomic mass is 10.1. The van der Waals surface area contributed by atoms with Gasteiger partial charge in [0, 0.05) is 23.1 Å². The van der Waals surface area contributed by atoms with Gasteiger partial charge in [0.2, 0.25) is 0 Å². The molecule has 1 saturated carbocycles. The van der Waals surface area contributed by atoms with Crippen LogP contribution in [-0.2, 0) is 0 Å². The molecule has 110 valence electrons. The van der Waals surface area contributed by atoms with Crippen LogP contribution in [0.25, 0.3) is 0 Å². The molecule has 1 fully saturated rings. The first kappa shape index (κ1) is 15.2. The molecular formula is C15H21NO3S. The molecule has 0 spiro atoms. The third-order valence-electron chi connectivity index (χ3n) is 4.03. The molecule has 1 aliphatic carbocycles. The van der Waals surface area contributed by atoms with Crippen molar-refractivity contribution in [3.05, 3.63) is 33.2 Å². The first-order valence-corrected chi connectivity index (χ1v) is 8.08. The predicted molar refractivity (Wildman–Crippen MR) is 81.9 cm³/mol. The number of hydrogen-bond acceptors (Lipinski definition) is 3. The summed E-state index contributed by atoms with van der Waals surface area (Å²) < 4.78 is 1.70. The normalized spacial score (nSPS) is 22.1. The number of pyridine rings is 1. The van der Waals surface area contributed by atoms with Crippen LogP contribution in [0.2, 0.25) is 0 Å². The third kappa shape index (κ3) is 2.77. The van der Waals surface area contributed by atoms with Crippen LogP contribution in [-0.4, -0.2) is 26.6 Å². The molecule has 0 bridgehead atoms. The highest BCUT2D eigenvalue weighted by Gasteiger charge is 2.29. The minimum Gasteiger partial charge on any atom is -0.478 e. The van der Waals surface area contributed by atoms with E-state index in [4.69, 9.17) is 0 Å². The van der Waals surface area contributed by atoms with Crippen molar-refractivity contribution in [2.24, 2.45) is 0 Å². The Morgan fingerprint density at radius 2 is 2.15 bits per heavy atom. The Morgan fingerprint density at radius 3 is 2.75 bits per heavy atom. The van der Waals surface area contributed by atoms with E-state index >= 15 is 0 Å². The van der Waals surface area contributed by atoms with Gasteiger partial charge in [-0.15, -0.1) is 0 Å². The summed E-state index contributed by atoms with van der Waals surface area (Å²) in [6, 6.07) is 1.60. The zero-order valence-corrected chi connectivity index (χ0v) is 13.0. The summed E-state index contributed by atoms with van der Waals surface area (Å²) in [7, 11) is 0. The van der Waals surface area contributed by atoms with Crippen LogP contribution in [0.1, 0.15) is 53.8 Å². The zero-order chi connectivity index (χ0) is 14.9. The number of aromatic nitrogens is 1. The molecule has 2 unspecified atom stereocenters. The van der Waals surface area contributed by atoms with Crippen LogP contribution in [0.4, 0.5) is 0 Å². The largest absolute Gasteiger partial charge is 0.478 e. The van der Waals surface area contributed by atoms with Crippen molar-refractivity contribution in [1.82, 2.24) is 4.57 Å². The summed E-state index contributed by atoms with van der Waals surface area (Å²) in [6.45, 7) is 5.58. The smallest absolute Gasteiger partial charge is 0.337 e. The lowest BCUT2D eigenvalue weighted by molar-refractivity contribution is 0.0694. The molecule has 0 amide bonds. The van der Waals surface area contributed by atoms with Crippen molar-refractivity contribution < 1.29 is 9.90 Å². The number of hydrogen-bond donors (Lipinski definition) is 1. The molecule has 1 aromatic heterocycles. The molecule has 1 aromatic rings. The SMILES string of the molecule is CCSC1CCC(n2c(C)c(C(=O)O)c(C)cc2=O)C1. The van der Waals surface area contributed by atoms with Crippen molar-refractivity contribution in [3.63, 3.8) is 0 Å². The highest BCUT2D eigenvalue weighted by Crippen LogP contribution is 2.37. The fraction of sp³-hybridized carbons (Fsp3) is 0.600. The number of thioether (sulfide) groups is 1. The van der Waals surface area contributed by atoms with Crippen molar-refractivity contribution in [2.75, 3.05) is 5.75 Å². The van der Waals surface area contributed by atoms with E-state index in [1.54, 1.807) is 18.4 Å². The molecule has 1 aliphatic rings. The van der Waals surface area contributed by atoms with Gasteiger partial charge in [-0.05, 0) is 44.4 Å². The summed E-state index contributed by atoms with van der Waals surface area (Å²) >= 11 is 1.93. The van der Waals surface area contributed by atoms with E-state index in [0.29, 0.717) is 16.5 Å². The van der Waals surface area contributed by atoms with Crippen molar-refractivity contribution >= 4 is 17.7 Å². The number of aryl methyl sites for hydroxylation is 1. The van der Waals surface area contributed by atoms with Crippen LogP contribution in [0, 0.1) is 13.8 Å². The van der Waals surface area contributed by atoms with Crippen molar-refractivity contribution in [1.29, 1.82) is 0 Å². The average molecular weight is 295 g/mol. The van der Waals surface area contributed by atoms with Crippen LogP contribution >= 0.6 is 11.8 Å². The van der Waals surface area contributed by atoms with Crippen LogP contribution in [0.5, 0.6) is 0 Å². The summed E-state index contributed by atoms with van der Waals surface area (Å²) in [6.07, 6.45) is 3.02. The zero-order valence-electron chi connectivity index (χ0n) is 12.2. The number of carbonyl (C=O) groups is 1. The number of carboxylic acid groups (broad SMARTS) is 1. The molecule has 4 nitrogen and oxygen atoms in total. The second kappa shape index (κ2) is 6.04. The Labute approximate surface area is 123 Å². The first-order chi connectivity index (χ1) is 9.45. The maximum atomic E-state index is 12.3. The van der Waals surface area contributed by atoms with Gasteiger partial charge < -0.3 is 9.67 Å². The molecule has 0 aliphatic heterocycles. The van der Waals surface area contributed by atoms with E-state index < -0.39 is 5.97 Å². The van der Waals surface area contributed by atoms with Crippen LogP contribution in [0.3, 0.4) is 0 Å². The van der Waals surface area contributed by atoms with Gasteiger partial charge in [-0.25, -0.2) is 4.79 Å². The van der Waals surface area contributed by atoms with Gasteiger partial charge in [-0.2, -0.15) is 11.8 Å². The second-order valence-electron chi connectivity index (χ2n) is 5.35. The molecular weight excluding hydrogens is 274 g/mol. The molecule has 20 heavy (non-hydrogen) atoms. The maximum Gasteiger partial charge on any atom is 0.337 e. The lowest BCUT2D eigenvalue weighted by Crippen LogP contribution is -2.28. The number of rotatable bonds is 4. The van der Waals surface area contributed by atoms with Crippen molar-refractivity contribution in [3.8, 4) is 0 Å². The molecule has 0 saturated heterocycles. The number of aromatic carboxylic acids is 1. The van der Waals surface area contributed by atoms with Gasteiger partial charge >= 0.3 is 5.97 Å². The van der Waals surface area contributed by atoms with E-state index in [9.17, 15) is 14.7 Å². The first-order valence-electron chi connectivity index (χ1n) is 7.03. The van der Waals surface area contributed by atoms with Gasteiger partial charge in [-0.3, -0.25) is 4.79 Å². The molecule has 2 atom stereocenters. The minimum absolute atomic E-state index is 0.0721. The monoisotopic (exact) mass is 295 g/mol. The Balaban J connectivity index is 2.40. The Hall–Kier alpha value is -1.23. The fourth-order valence-corrected chi connectivity index (χ4v) is 4.35. The molecule has 0 radical (unpaired) electrons. The van der Waals surface area contributed by atoms with Gasteiger partial charge in [0.1, 0.15) is 0 Å². The molecule has 2 rings (SSSR count).